The molecule has 2 aliphatic rings. The van der Waals surface area contributed by atoms with Crippen molar-refractivity contribution < 1.29 is 27.8 Å². The van der Waals surface area contributed by atoms with E-state index in [4.69, 9.17) is 4.74 Å². The van der Waals surface area contributed by atoms with Crippen LogP contribution in [0.5, 0.6) is 5.88 Å². The Labute approximate surface area is 137 Å². The van der Waals surface area contributed by atoms with Crippen molar-refractivity contribution in [1.82, 2.24) is 9.88 Å². The maximum Gasteiger partial charge on any atom is 0.417 e. The number of ether oxygens (including phenoxy) is 1. The summed E-state index contributed by atoms with van der Waals surface area (Å²) >= 11 is 0. The number of aromatic nitrogens is 1. The molecule has 2 heterocycles. The predicted molar refractivity (Wildman–Crippen MR) is 78.6 cm³/mol. The topological polar surface area (TPSA) is 62.7 Å². The quantitative estimate of drug-likeness (QED) is 0.915. The van der Waals surface area contributed by atoms with Gasteiger partial charge in [0.15, 0.2) is 5.60 Å². The number of nitrogens with zero attached hydrogens (tertiary/aromatic N) is 2. The molecule has 1 aliphatic heterocycles. The molecule has 1 N–H and O–H groups in total. The number of likely N-dealkylation sites (tertiary alicyclic amines) is 1. The van der Waals surface area contributed by atoms with Crippen LogP contribution in [0.25, 0.3) is 0 Å². The molecule has 5 nitrogen and oxygen atoms in total. The average Bonchev–Trinajstić information content (AvgIpc) is 2.50. The third kappa shape index (κ3) is 3.33. The van der Waals surface area contributed by atoms with Crippen LogP contribution in [-0.4, -0.2) is 51.9 Å². The Bertz CT molecular complexity index is 609. The second-order valence-electron chi connectivity index (χ2n) is 6.38. The van der Waals surface area contributed by atoms with Gasteiger partial charge in [-0.05, 0) is 25.3 Å². The van der Waals surface area contributed by atoms with Crippen molar-refractivity contribution in [1.29, 1.82) is 0 Å². The molecule has 0 spiro atoms. The maximum atomic E-state index is 12.8. The molecule has 1 amide bonds. The van der Waals surface area contributed by atoms with E-state index >= 15 is 0 Å². The number of halogens is 3. The Morgan fingerprint density at radius 2 is 2.00 bits per heavy atom. The first kappa shape index (κ1) is 17.0. The largest absolute Gasteiger partial charge is 0.474 e. The van der Waals surface area contributed by atoms with Gasteiger partial charge in [-0.15, -0.1) is 0 Å². The van der Waals surface area contributed by atoms with Gasteiger partial charge >= 0.3 is 6.18 Å². The van der Waals surface area contributed by atoms with Crippen LogP contribution in [0, 0.1) is 0 Å². The van der Waals surface area contributed by atoms with Crippen molar-refractivity contribution in [2.24, 2.45) is 0 Å². The van der Waals surface area contributed by atoms with E-state index in [9.17, 15) is 23.1 Å². The lowest BCUT2D eigenvalue weighted by molar-refractivity contribution is -0.271. The number of rotatable bonds is 3. The number of carbonyl (C=O) groups excluding carboxylic acids is 1. The monoisotopic (exact) mass is 344 g/mol. The second-order valence-corrected chi connectivity index (χ2v) is 6.38. The van der Waals surface area contributed by atoms with E-state index in [-0.39, 0.29) is 25.1 Å². The number of aliphatic hydroxyl groups is 1. The Hall–Kier alpha value is -1.83. The number of pyridine rings is 1. The van der Waals surface area contributed by atoms with Gasteiger partial charge in [-0.25, -0.2) is 4.98 Å². The zero-order chi connectivity index (χ0) is 17.4. The Morgan fingerprint density at radius 3 is 2.54 bits per heavy atom. The molecule has 2 fully saturated rings. The number of amides is 1. The number of alkyl halides is 3. The molecule has 1 aromatic rings. The van der Waals surface area contributed by atoms with Crippen LogP contribution in [0.2, 0.25) is 0 Å². The lowest BCUT2D eigenvalue weighted by Gasteiger charge is -2.39. The zero-order valence-electron chi connectivity index (χ0n) is 13.1. The van der Waals surface area contributed by atoms with E-state index < -0.39 is 24.6 Å². The molecule has 0 atom stereocenters. The van der Waals surface area contributed by atoms with Gasteiger partial charge in [0.2, 0.25) is 5.88 Å². The molecule has 0 radical (unpaired) electrons. The number of carbonyl (C=O) groups is 1. The molecule has 1 aliphatic carbocycles. The van der Waals surface area contributed by atoms with Gasteiger partial charge < -0.3 is 14.7 Å². The highest BCUT2D eigenvalue weighted by Crippen LogP contribution is 2.38. The van der Waals surface area contributed by atoms with Gasteiger partial charge in [-0.1, -0.05) is 0 Å². The smallest absolute Gasteiger partial charge is 0.417 e. The summed E-state index contributed by atoms with van der Waals surface area (Å²) in [5.41, 5.74) is -2.38. The normalized spacial score (nSPS) is 21.2. The van der Waals surface area contributed by atoms with Crippen molar-refractivity contribution in [3.8, 4) is 5.88 Å². The first-order valence-electron chi connectivity index (χ1n) is 8.00. The van der Waals surface area contributed by atoms with Crippen molar-refractivity contribution >= 4 is 5.91 Å². The average molecular weight is 344 g/mol. The molecule has 1 saturated carbocycles. The standard InChI is InChI=1S/C16H19F3N2O3/c17-16(18,19)15(23)5-8-21(9-6-15)14(22)11-4-7-20-13(10-11)24-12-2-1-3-12/h4,7,10,12,23H,1-3,5-6,8-9H2. The van der Waals surface area contributed by atoms with Crippen LogP contribution in [0.15, 0.2) is 18.3 Å². The van der Waals surface area contributed by atoms with E-state index in [0.717, 1.165) is 19.3 Å². The zero-order valence-corrected chi connectivity index (χ0v) is 13.1. The third-order valence-electron chi connectivity index (χ3n) is 4.73. The Balaban J connectivity index is 1.64. The summed E-state index contributed by atoms with van der Waals surface area (Å²) in [6.45, 7) is -0.286. The molecule has 1 aromatic heterocycles. The molecule has 8 heteroatoms. The van der Waals surface area contributed by atoms with E-state index in [1.54, 1.807) is 0 Å². The molecular weight excluding hydrogens is 325 g/mol. The second kappa shape index (κ2) is 6.23. The Morgan fingerprint density at radius 1 is 1.33 bits per heavy atom. The molecule has 24 heavy (non-hydrogen) atoms. The SMILES string of the molecule is O=C(c1ccnc(OC2CCC2)c1)N1CCC(O)(C(F)(F)F)CC1. The van der Waals surface area contributed by atoms with E-state index in [1.807, 2.05) is 0 Å². The summed E-state index contributed by atoms with van der Waals surface area (Å²) in [4.78, 5) is 17.8. The Kier molecular flexibility index (Phi) is 4.42. The molecule has 0 bridgehead atoms. The molecule has 132 valence electrons. The summed E-state index contributed by atoms with van der Waals surface area (Å²) in [6, 6.07) is 3.03. The lowest BCUT2D eigenvalue weighted by Crippen LogP contribution is -2.54. The van der Waals surface area contributed by atoms with Crippen molar-refractivity contribution in [3.63, 3.8) is 0 Å². The first-order chi connectivity index (χ1) is 11.3. The predicted octanol–water partition coefficient (Wildman–Crippen LogP) is 2.54. The van der Waals surface area contributed by atoms with Gasteiger partial charge in [-0.3, -0.25) is 4.79 Å². The minimum absolute atomic E-state index is 0.125. The molecular formula is C16H19F3N2O3. The lowest BCUT2D eigenvalue weighted by atomic mass is 9.90. The van der Waals surface area contributed by atoms with Gasteiger partial charge in [-0.2, -0.15) is 13.2 Å². The molecule has 1 saturated heterocycles. The number of piperidine rings is 1. The molecule has 0 unspecified atom stereocenters. The van der Waals surface area contributed by atoms with E-state index in [1.165, 1.54) is 23.2 Å². The van der Waals surface area contributed by atoms with Crippen LogP contribution in [0.1, 0.15) is 42.5 Å². The highest BCUT2D eigenvalue weighted by molar-refractivity contribution is 5.94. The minimum atomic E-state index is -4.68. The van der Waals surface area contributed by atoms with Crippen molar-refractivity contribution in [2.75, 3.05) is 13.1 Å². The first-order valence-corrected chi connectivity index (χ1v) is 8.00. The van der Waals surface area contributed by atoms with Gasteiger partial charge in [0, 0.05) is 43.8 Å². The number of hydrogen-bond donors (Lipinski definition) is 1. The summed E-state index contributed by atoms with van der Waals surface area (Å²) in [6.07, 6.45) is -1.10. The van der Waals surface area contributed by atoms with Gasteiger partial charge in [0.05, 0.1) is 0 Å². The van der Waals surface area contributed by atoms with Gasteiger partial charge in [0.25, 0.3) is 5.91 Å². The molecule has 3 rings (SSSR count). The number of hydrogen-bond acceptors (Lipinski definition) is 4. The van der Waals surface area contributed by atoms with Crippen LogP contribution in [0.4, 0.5) is 13.2 Å². The molecule has 0 aromatic carbocycles. The van der Waals surface area contributed by atoms with Gasteiger partial charge in [0.1, 0.15) is 6.10 Å². The third-order valence-corrected chi connectivity index (χ3v) is 4.73. The van der Waals surface area contributed by atoms with E-state index in [2.05, 4.69) is 4.98 Å². The van der Waals surface area contributed by atoms with Crippen LogP contribution in [0.3, 0.4) is 0 Å². The highest BCUT2D eigenvalue weighted by Gasteiger charge is 2.54. The van der Waals surface area contributed by atoms with Crippen LogP contribution < -0.4 is 4.74 Å². The fraction of sp³-hybridized carbons (Fsp3) is 0.625. The van der Waals surface area contributed by atoms with Crippen molar-refractivity contribution in [2.45, 2.75) is 50.0 Å². The van der Waals surface area contributed by atoms with E-state index in [0.29, 0.717) is 11.4 Å². The fourth-order valence-electron chi connectivity index (χ4n) is 2.81. The maximum absolute atomic E-state index is 12.8. The summed E-state index contributed by atoms with van der Waals surface area (Å²) in [5, 5.41) is 9.66. The highest BCUT2D eigenvalue weighted by atomic mass is 19.4. The van der Waals surface area contributed by atoms with Crippen molar-refractivity contribution in [3.05, 3.63) is 23.9 Å². The summed E-state index contributed by atoms with van der Waals surface area (Å²) < 4.78 is 44.1. The van der Waals surface area contributed by atoms with Crippen LogP contribution in [-0.2, 0) is 0 Å². The van der Waals surface area contributed by atoms with Crippen LogP contribution >= 0.6 is 0 Å². The summed E-state index contributed by atoms with van der Waals surface area (Å²) in [5.74, 6) is -0.0190. The minimum Gasteiger partial charge on any atom is -0.474 e. The fourth-order valence-corrected chi connectivity index (χ4v) is 2.81. The summed E-state index contributed by atoms with van der Waals surface area (Å²) in [7, 11) is 0.